The van der Waals surface area contributed by atoms with Gasteiger partial charge in [0.2, 0.25) is 0 Å². The smallest absolute Gasteiger partial charge is 0.273 e. The number of amides is 1. The molecule has 0 fully saturated rings. The van der Waals surface area contributed by atoms with Crippen LogP contribution in [-0.2, 0) is 0 Å². The van der Waals surface area contributed by atoms with E-state index in [1.54, 1.807) is 18.0 Å². The molecule has 20 heavy (non-hydrogen) atoms. The molecular formula is C14H18N4O2. The second-order valence-electron chi connectivity index (χ2n) is 4.53. The Hall–Kier alpha value is -2.37. The van der Waals surface area contributed by atoms with Crippen molar-refractivity contribution in [1.82, 2.24) is 20.3 Å². The van der Waals surface area contributed by atoms with Gasteiger partial charge >= 0.3 is 0 Å². The lowest BCUT2D eigenvalue weighted by Crippen LogP contribution is -2.32. The summed E-state index contributed by atoms with van der Waals surface area (Å²) >= 11 is 0. The summed E-state index contributed by atoms with van der Waals surface area (Å²) < 4.78 is 6.66. The number of nitrogens with zero attached hydrogens (tertiary/aromatic N) is 3. The van der Waals surface area contributed by atoms with Crippen molar-refractivity contribution in [1.29, 1.82) is 0 Å². The SMILES string of the molecule is CCC(C)NC(=O)c1cn(-c2ccc(OC)cc2)nn1. The number of carbonyl (C=O) groups is 1. The van der Waals surface area contributed by atoms with Crippen molar-refractivity contribution >= 4 is 5.91 Å². The van der Waals surface area contributed by atoms with E-state index in [1.807, 2.05) is 38.1 Å². The number of nitrogens with one attached hydrogen (secondary N) is 1. The molecule has 1 amide bonds. The molecule has 0 saturated heterocycles. The second-order valence-corrected chi connectivity index (χ2v) is 4.53. The van der Waals surface area contributed by atoms with Crippen molar-refractivity contribution in [2.24, 2.45) is 0 Å². The first-order valence-corrected chi connectivity index (χ1v) is 6.51. The standard InChI is InChI=1S/C14H18N4O2/c1-4-10(2)15-14(19)13-9-18(17-16-13)11-5-7-12(20-3)8-6-11/h5-10H,4H2,1-3H3,(H,15,19). The minimum Gasteiger partial charge on any atom is -0.497 e. The summed E-state index contributed by atoms with van der Waals surface area (Å²) in [6, 6.07) is 7.48. The molecule has 2 aromatic rings. The van der Waals surface area contributed by atoms with E-state index < -0.39 is 0 Å². The van der Waals surface area contributed by atoms with Gasteiger partial charge in [-0.25, -0.2) is 4.68 Å². The highest BCUT2D eigenvalue weighted by molar-refractivity contribution is 5.92. The fourth-order valence-electron chi connectivity index (χ4n) is 1.63. The van der Waals surface area contributed by atoms with E-state index in [9.17, 15) is 4.79 Å². The van der Waals surface area contributed by atoms with Crippen LogP contribution in [0.4, 0.5) is 0 Å². The molecule has 0 aliphatic heterocycles. The van der Waals surface area contributed by atoms with E-state index in [-0.39, 0.29) is 11.9 Å². The van der Waals surface area contributed by atoms with Gasteiger partial charge in [0.1, 0.15) is 5.75 Å². The third kappa shape index (κ3) is 3.14. The maximum Gasteiger partial charge on any atom is 0.273 e. The maximum absolute atomic E-state index is 11.9. The Morgan fingerprint density at radius 1 is 1.40 bits per heavy atom. The highest BCUT2D eigenvalue weighted by atomic mass is 16.5. The van der Waals surface area contributed by atoms with Crippen LogP contribution in [0.15, 0.2) is 30.5 Å². The quantitative estimate of drug-likeness (QED) is 0.902. The lowest BCUT2D eigenvalue weighted by Gasteiger charge is -2.08. The molecule has 1 aromatic carbocycles. The van der Waals surface area contributed by atoms with E-state index in [0.29, 0.717) is 5.69 Å². The fraction of sp³-hybridized carbons (Fsp3) is 0.357. The normalized spacial score (nSPS) is 11.9. The molecule has 0 bridgehead atoms. The zero-order valence-corrected chi connectivity index (χ0v) is 11.8. The minimum atomic E-state index is -0.209. The second kappa shape index (κ2) is 6.18. The first kappa shape index (κ1) is 14.0. The molecule has 0 spiro atoms. The summed E-state index contributed by atoms with van der Waals surface area (Å²) in [5.41, 5.74) is 1.13. The molecule has 106 valence electrons. The number of carbonyl (C=O) groups excluding carboxylic acids is 1. The van der Waals surface area contributed by atoms with Crippen molar-refractivity contribution in [3.05, 3.63) is 36.2 Å². The summed E-state index contributed by atoms with van der Waals surface area (Å²) in [5.74, 6) is 0.558. The Balaban J connectivity index is 2.13. The average Bonchev–Trinajstić information content (AvgIpc) is 2.97. The van der Waals surface area contributed by atoms with Gasteiger partial charge in [-0.1, -0.05) is 12.1 Å². The van der Waals surface area contributed by atoms with Crippen LogP contribution in [0.3, 0.4) is 0 Å². The molecule has 6 heteroatoms. The fourth-order valence-corrected chi connectivity index (χ4v) is 1.63. The zero-order valence-electron chi connectivity index (χ0n) is 11.8. The molecule has 0 aliphatic carbocycles. The lowest BCUT2D eigenvalue weighted by molar-refractivity contribution is 0.0934. The van der Waals surface area contributed by atoms with Crippen LogP contribution in [0.25, 0.3) is 5.69 Å². The molecule has 6 nitrogen and oxygen atoms in total. The summed E-state index contributed by atoms with van der Waals surface area (Å²) in [6.45, 7) is 3.96. The lowest BCUT2D eigenvalue weighted by atomic mass is 10.2. The highest BCUT2D eigenvalue weighted by Crippen LogP contribution is 2.14. The first-order valence-electron chi connectivity index (χ1n) is 6.51. The Morgan fingerprint density at radius 3 is 2.70 bits per heavy atom. The molecule has 1 heterocycles. The van der Waals surface area contributed by atoms with Gasteiger partial charge in [-0.15, -0.1) is 5.10 Å². The number of hydrogen-bond acceptors (Lipinski definition) is 4. The summed E-state index contributed by atoms with van der Waals surface area (Å²) in [6.07, 6.45) is 2.48. The van der Waals surface area contributed by atoms with Crippen LogP contribution in [0.1, 0.15) is 30.8 Å². The summed E-state index contributed by atoms with van der Waals surface area (Å²) in [4.78, 5) is 11.9. The van der Waals surface area contributed by atoms with Crippen molar-refractivity contribution < 1.29 is 9.53 Å². The van der Waals surface area contributed by atoms with E-state index in [4.69, 9.17) is 4.74 Å². The van der Waals surface area contributed by atoms with Crippen molar-refractivity contribution in [3.8, 4) is 11.4 Å². The van der Waals surface area contributed by atoms with Gasteiger partial charge in [0.25, 0.3) is 5.91 Å². The van der Waals surface area contributed by atoms with Gasteiger partial charge in [-0.05, 0) is 37.6 Å². The molecule has 0 saturated carbocycles. The predicted octanol–water partition coefficient (Wildman–Crippen LogP) is 1.80. The molecule has 1 aromatic heterocycles. The summed E-state index contributed by atoms with van der Waals surface area (Å²) in [7, 11) is 1.61. The molecule has 1 N–H and O–H groups in total. The van der Waals surface area contributed by atoms with Crippen LogP contribution >= 0.6 is 0 Å². The topological polar surface area (TPSA) is 69.0 Å². The average molecular weight is 274 g/mol. The Labute approximate surface area is 117 Å². The van der Waals surface area contributed by atoms with E-state index in [0.717, 1.165) is 17.9 Å². The van der Waals surface area contributed by atoms with Gasteiger partial charge in [0.05, 0.1) is 19.0 Å². The van der Waals surface area contributed by atoms with E-state index >= 15 is 0 Å². The third-order valence-electron chi connectivity index (χ3n) is 3.05. The Morgan fingerprint density at radius 2 is 2.10 bits per heavy atom. The number of methoxy groups -OCH3 is 1. The molecule has 0 radical (unpaired) electrons. The van der Waals surface area contributed by atoms with E-state index in [1.165, 1.54) is 0 Å². The zero-order chi connectivity index (χ0) is 14.5. The van der Waals surface area contributed by atoms with Crippen molar-refractivity contribution in [2.45, 2.75) is 26.3 Å². The number of hydrogen-bond donors (Lipinski definition) is 1. The van der Waals surface area contributed by atoms with Gasteiger partial charge in [0.15, 0.2) is 5.69 Å². The number of benzene rings is 1. The van der Waals surface area contributed by atoms with Gasteiger partial charge in [0, 0.05) is 6.04 Å². The highest BCUT2D eigenvalue weighted by Gasteiger charge is 2.13. The van der Waals surface area contributed by atoms with Crippen LogP contribution in [0, 0.1) is 0 Å². The largest absolute Gasteiger partial charge is 0.497 e. The molecule has 0 aliphatic rings. The monoisotopic (exact) mass is 274 g/mol. The van der Waals surface area contributed by atoms with Crippen LogP contribution in [-0.4, -0.2) is 34.1 Å². The van der Waals surface area contributed by atoms with Gasteiger partial charge < -0.3 is 10.1 Å². The number of aromatic nitrogens is 3. The third-order valence-corrected chi connectivity index (χ3v) is 3.05. The van der Waals surface area contributed by atoms with Gasteiger partial charge in [-0.2, -0.15) is 0 Å². The predicted molar refractivity (Wildman–Crippen MR) is 75.1 cm³/mol. The maximum atomic E-state index is 11.9. The summed E-state index contributed by atoms with van der Waals surface area (Å²) in [5, 5.41) is 10.7. The van der Waals surface area contributed by atoms with Crippen LogP contribution in [0.5, 0.6) is 5.75 Å². The van der Waals surface area contributed by atoms with Crippen molar-refractivity contribution in [2.75, 3.05) is 7.11 Å². The first-order chi connectivity index (χ1) is 9.63. The molecule has 1 atom stereocenters. The van der Waals surface area contributed by atoms with Crippen LogP contribution < -0.4 is 10.1 Å². The number of ether oxygens (including phenoxy) is 1. The van der Waals surface area contributed by atoms with E-state index in [2.05, 4.69) is 15.6 Å². The van der Waals surface area contributed by atoms with Gasteiger partial charge in [-0.3, -0.25) is 4.79 Å². The molecule has 2 rings (SSSR count). The molecule has 1 unspecified atom stereocenters. The molecular weight excluding hydrogens is 256 g/mol. The Kier molecular flexibility index (Phi) is 4.34. The Bertz CT molecular complexity index is 577. The van der Waals surface area contributed by atoms with Crippen molar-refractivity contribution in [3.63, 3.8) is 0 Å². The van der Waals surface area contributed by atoms with Crippen LogP contribution in [0.2, 0.25) is 0 Å². The number of rotatable bonds is 5. The minimum absolute atomic E-state index is 0.119.